The summed E-state index contributed by atoms with van der Waals surface area (Å²) in [5, 5.41) is 1.32. The van der Waals surface area contributed by atoms with Crippen molar-refractivity contribution in [2.75, 3.05) is 0 Å². The Bertz CT molecular complexity index is 3040. The molecule has 1 aliphatic heterocycles. The fourth-order valence-corrected chi connectivity index (χ4v) is 12.1. The molecule has 0 unspecified atom stereocenters. The Hall–Kier alpha value is -6.79. The van der Waals surface area contributed by atoms with E-state index in [0.29, 0.717) is 23.5 Å². The molecule has 12 rings (SSSR count). The molecule has 0 spiro atoms. The van der Waals surface area contributed by atoms with E-state index in [-0.39, 0.29) is 5.54 Å². The number of nitrogens with zero attached hydrogens (tertiary/aromatic N) is 6. The standard InChI is InChI=1S/C59H54N6/c1-39-49-36-44(52-38-51(40-20-8-2-9-21-40)60-55(61-52)41-22-10-3-11-23-41)33-35-53(49)65-54(39)48-34-32-45(37-50(48)59(65,46-28-16-6-17-29-46)47-30-18-7-19-31-47)58-63-56(42-24-12-4-13-25-42)62-57(64-58)43-26-14-5-15-27-43/h2-5,8,10-15,20,22-27,32-38,46-47H,6-7,9,16-19,21,28-31H2,1H3. The lowest BCUT2D eigenvalue weighted by Gasteiger charge is -2.49. The van der Waals surface area contributed by atoms with Crippen molar-refractivity contribution in [3.8, 4) is 68.1 Å². The molecule has 3 aliphatic carbocycles. The van der Waals surface area contributed by atoms with Crippen LogP contribution >= 0.6 is 0 Å². The molecule has 6 heteroatoms. The van der Waals surface area contributed by atoms with Gasteiger partial charge >= 0.3 is 0 Å². The van der Waals surface area contributed by atoms with Crippen molar-refractivity contribution in [2.45, 2.75) is 89.5 Å². The minimum Gasteiger partial charge on any atom is -0.329 e. The summed E-state index contributed by atoms with van der Waals surface area (Å²) in [6.07, 6.45) is 21.4. The van der Waals surface area contributed by atoms with Crippen molar-refractivity contribution >= 4 is 16.5 Å². The highest BCUT2D eigenvalue weighted by atomic mass is 15.1. The van der Waals surface area contributed by atoms with Crippen LogP contribution in [0.1, 0.15) is 93.9 Å². The lowest BCUT2D eigenvalue weighted by molar-refractivity contribution is 0.0817. The molecule has 2 fully saturated rings. The van der Waals surface area contributed by atoms with Crippen LogP contribution in [0.5, 0.6) is 0 Å². The van der Waals surface area contributed by atoms with Gasteiger partial charge in [0.15, 0.2) is 23.3 Å². The number of allylic oxidation sites excluding steroid dienone is 4. The molecular formula is C59H54N6. The first-order valence-electron chi connectivity index (χ1n) is 24.1. The first-order chi connectivity index (χ1) is 32.1. The summed E-state index contributed by atoms with van der Waals surface area (Å²) >= 11 is 0. The molecule has 4 aliphatic rings. The molecule has 0 amide bonds. The van der Waals surface area contributed by atoms with E-state index in [9.17, 15) is 0 Å². The lowest BCUT2D eigenvalue weighted by atomic mass is 9.61. The maximum absolute atomic E-state index is 5.29. The molecule has 65 heavy (non-hydrogen) atoms. The van der Waals surface area contributed by atoms with Gasteiger partial charge in [-0.05, 0) is 98.2 Å². The molecule has 3 aromatic heterocycles. The Morgan fingerprint density at radius 3 is 1.62 bits per heavy atom. The molecular weight excluding hydrogens is 793 g/mol. The molecule has 2 saturated carbocycles. The van der Waals surface area contributed by atoms with Crippen molar-refractivity contribution in [1.82, 2.24) is 29.5 Å². The van der Waals surface area contributed by atoms with E-state index in [1.54, 1.807) is 0 Å². The zero-order valence-corrected chi connectivity index (χ0v) is 37.3. The smallest absolute Gasteiger partial charge is 0.164 e. The van der Waals surface area contributed by atoms with E-state index in [0.717, 1.165) is 63.7 Å². The van der Waals surface area contributed by atoms with Crippen LogP contribution in [-0.2, 0) is 5.54 Å². The Kier molecular flexibility index (Phi) is 10.2. The third-order valence-corrected chi connectivity index (χ3v) is 15.1. The molecule has 320 valence electrons. The first kappa shape index (κ1) is 39.8. The molecule has 0 N–H and O–H groups in total. The van der Waals surface area contributed by atoms with Crippen LogP contribution in [0.15, 0.2) is 152 Å². The first-order valence-corrected chi connectivity index (χ1v) is 24.1. The van der Waals surface area contributed by atoms with Gasteiger partial charge in [0, 0.05) is 44.3 Å². The minimum absolute atomic E-state index is 0.184. The number of aromatic nitrogens is 6. The average Bonchev–Trinajstić information content (AvgIpc) is 3.86. The number of hydrogen-bond acceptors (Lipinski definition) is 5. The Labute approximate surface area is 382 Å². The predicted octanol–water partition coefficient (Wildman–Crippen LogP) is 14.9. The second-order valence-electron chi connectivity index (χ2n) is 18.8. The fourth-order valence-electron chi connectivity index (χ4n) is 12.1. The number of aryl methyl sites for hydroxylation is 1. The number of benzene rings is 5. The highest BCUT2D eigenvalue weighted by Crippen LogP contribution is 2.61. The minimum atomic E-state index is -0.184. The van der Waals surface area contributed by atoms with Crippen LogP contribution in [0.25, 0.3) is 84.5 Å². The second-order valence-corrected chi connectivity index (χ2v) is 18.8. The van der Waals surface area contributed by atoms with Crippen LogP contribution in [0.4, 0.5) is 0 Å². The van der Waals surface area contributed by atoms with E-state index in [2.05, 4.69) is 151 Å². The van der Waals surface area contributed by atoms with Crippen molar-refractivity contribution in [3.05, 3.63) is 169 Å². The average molecular weight is 847 g/mol. The van der Waals surface area contributed by atoms with Gasteiger partial charge in [-0.15, -0.1) is 0 Å². The number of rotatable bonds is 8. The maximum atomic E-state index is 5.29. The third kappa shape index (κ3) is 6.88. The van der Waals surface area contributed by atoms with Gasteiger partial charge in [0.25, 0.3) is 0 Å². The van der Waals surface area contributed by atoms with Crippen molar-refractivity contribution in [2.24, 2.45) is 11.8 Å². The largest absolute Gasteiger partial charge is 0.329 e. The van der Waals surface area contributed by atoms with Crippen LogP contribution in [0, 0.1) is 18.8 Å². The highest BCUT2D eigenvalue weighted by molar-refractivity contribution is 5.98. The second kappa shape index (κ2) is 16.6. The van der Waals surface area contributed by atoms with Crippen LogP contribution < -0.4 is 0 Å². The van der Waals surface area contributed by atoms with Gasteiger partial charge in [-0.2, -0.15) is 0 Å². The Morgan fingerprint density at radius 2 is 1.05 bits per heavy atom. The topological polar surface area (TPSA) is 69.4 Å². The molecule has 0 radical (unpaired) electrons. The van der Waals surface area contributed by atoms with Gasteiger partial charge in [-0.25, -0.2) is 24.9 Å². The Morgan fingerprint density at radius 1 is 0.508 bits per heavy atom. The van der Waals surface area contributed by atoms with Crippen LogP contribution in [0.2, 0.25) is 0 Å². The molecule has 0 saturated heterocycles. The quantitative estimate of drug-likeness (QED) is 0.152. The van der Waals surface area contributed by atoms with Crippen LogP contribution in [0.3, 0.4) is 0 Å². The fraction of sp³-hybridized carbons (Fsp3) is 0.271. The van der Waals surface area contributed by atoms with E-state index in [4.69, 9.17) is 24.9 Å². The third-order valence-electron chi connectivity index (χ3n) is 15.1. The van der Waals surface area contributed by atoms with Crippen molar-refractivity contribution in [1.29, 1.82) is 0 Å². The molecule has 5 aromatic carbocycles. The zero-order chi connectivity index (χ0) is 43.3. The van der Waals surface area contributed by atoms with Gasteiger partial charge < -0.3 is 4.57 Å². The normalized spacial score (nSPS) is 17.2. The SMILES string of the molecule is Cc1c2n(c3ccc(-c4cc(C5=CC=CCC5)nc(-c5ccccc5)n4)cc13)C(C1CCCCC1)(C1CCCCC1)c1cc(-c3nc(-c4ccccc4)nc(-c4ccccc4)n3)ccc1-2. The van der Waals surface area contributed by atoms with Gasteiger partial charge in [-0.3, -0.25) is 0 Å². The number of fused-ring (bicyclic) bond motifs is 5. The van der Waals surface area contributed by atoms with Gasteiger partial charge in [-0.1, -0.05) is 166 Å². The summed E-state index contributed by atoms with van der Waals surface area (Å²) < 4.78 is 2.89. The summed E-state index contributed by atoms with van der Waals surface area (Å²) in [5.41, 5.74) is 15.2. The monoisotopic (exact) mass is 846 g/mol. The van der Waals surface area contributed by atoms with Crippen molar-refractivity contribution in [3.63, 3.8) is 0 Å². The number of hydrogen-bond donors (Lipinski definition) is 0. The van der Waals surface area contributed by atoms with Gasteiger partial charge in [0.05, 0.1) is 22.6 Å². The predicted molar refractivity (Wildman–Crippen MR) is 265 cm³/mol. The highest BCUT2D eigenvalue weighted by Gasteiger charge is 2.54. The molecule has 6 nitrogen and oxygen atoms in total. The van der Waals surface area contributed by atoms with Gasteiger partial charge in [0.2, 0.25) is 0 Å². The van der Waals surface area contributed by atoms with E-state index in [1.807, 2.05) is 12.1 Å². The van der Waals surface area contributed by atoms with E-state index in [1.165, 1.54) is 103 Å². The molecule has 0 atom stereocenters. The summed E-state index contributed by atoms with van der Waals surface area (Å²) in [4.78, 5) is 26.0. The van der Waals surface area contributed by atoms with Crippen LogP contribution in [-0.4, -0.2) is 29.5 Å². The zero-order valence-electron chi connectivity index (χ0n) is 37.3. The summed E-state index contributed by atoms with van der Waals surface area (Å²) in [6.45, 7) is 2.37. The van der Waals surface area contributed by atoms with Crippen molar-refractivity contribution < 1.29 is 0 Å². The Balaban J connectivity index is 1.07. The van der Waals surface area contributed by atoms with E-state index < -0.39 is 0 Å². The summed E-state index contributed by atoms with van der Waals surface area (Å²) in [5.74, 6) is 3.94. The summed E-state index contributed by atoms with van der Waals surface area (Å²) in [7, 11) is 0. The molecule has 8 aromatic rings. The maximum Gasteiger partial charge on any atom is 0.164 e. The van der Waals surface area contributed by atoms with E-state index >= 15 is 0 Å². The molecule has 0 bridgehead atoms. The lowest BCUT2D eigenvalue weighted by Crippen LogP contribution is -2.48. The van der Waals surface area contributed by atoms with Gasteiger partial charge in [0.1, 0.15) is 0 Å². The summed E-state index contributed by atoms with van der Waals surface area (Å²) in [6, 6.07) is 47.8. The molecule has 4 heterocycles.